The predicted molar refractivity (Wildman–Crippen MR) is 110 cm³/mol. The Labute approximate surface area is 163 Å². The monoisotopic (exact) mass is 368 g/mol. The van der Waals surface area contributed by atoms with E-state index in [0.717, 1.165) is 29.0 Å². The van der Waals surface area contributed by atoms with Crippen molar-refractivity contribution in [1.29, 1.82) is 0 Å². The van der Waals surface area contributed by atoms with Crippen molar-refractivity contribution in [2.45, 2.75) is 59.4 Å². The number of pyridine rings is 1. The Morgan fingerprint density at radius 2 is 1.78 bits per heavy atom. The summed E-state index contributed by atoms with van der Waals surface area (Å²) in [6.45, 7) is 11.1. The molecule has 0 saturated carbocycles. The molecular formula is C23H32N2O2. The highest BCUT2D eigenvalue weighted by Gasteiger charge is 2.16. The fourth-order valence-electron chi connectivity index (χ4n) is 3.16. The van der Waals surface area contributed by atoms with Crippen LogP contribution in [0.1, 0.15) is 55.1 Å². The van der Waals surface area contributed by atoms with Crippen molar-refractivity contribution in [3.63, 3.8) is 0 Å². The average molecular weight is 369 g/mol. The number of aromatic nitrogens is 1. The number of methoxy groups -OCH3 is 1. The highest BCUT2D eigenvalue weighted by molar-refractivity contribution is 5.76. The van der Waals surface area contributed by atoms with Gasteiger partial charge < -0.3 is 9.64 Å². The highest BCUT2D eigenvalue weighted by Crippen LogP contribution is 2.25. The first-order valence-corrected chi connectivity index (χ1v) is 9.46. The Morgan fingerprint density at radius 3 is 2.33 bits per heavy atom. The van der Waals surface area contributed by atoms with Gasteiger partial charge in [0.15, 0.2) is 0 Å². The van der Waals surface area contributed by atoms with Crippen molar-refractivity contribution in [1.82, 2.24) is 9.88 Å². The third-order valence-electron chi connectivity index (χ3n) is 5.01. The van der Waals surface area contributed by atoms with Crippen LogP contribution in [-0.2, 0) is 23.2 Å². The van der Waals surface area contributed by atoms with Crippen LogP contribution in [0.15, 0.2) is 30.5 Å². The third kappa shape index (κ3) is 5.31. The molecule has 1 aromatic heterocycles. The van der Waals surface area contributed by atoms with Crippen molar-refractivity contribution < 1.29 is 9.53 Å². The molecule has 2 aromatic rings. The quantitative estimate of drug-likeness (QED) is 0.748. The molecule has 0 atom stereocenters. The lowest BCUT2D eigenvalue weighted by Crippen LogP contribution is -2.27. The van der Waals surface area contributed by atoms with Crippen LogP contribution in [0.4, 0.5) is 0 Å². The molecule has 0 aliphatic rings. The van der Waals surface area contributed by atoms with Crippen LogP contribution in [0.2, 0.25) is 0 Å². The van der Waals surface area contributed by atoms with E-state index in [2.05, 4.69) is 50.0 Å². The molecule has 1 amide bonds. The number of hydrogen-bond donors (Lipinski definition) is 0. The molecular weight excluding hydrogens is 336 g/mol. The number of hydrogen-bond acceptors (Lipinski definition) is 3. The number of rotatable bonds is 6. The van der Waals surface area contributed by atoms with Gasteiger partial charge in [0, 0.05) is 30.8 Å². The second kappa shape index (κ2) is 8.55. The summed E-state index contributed by atoms with van der Waals surface area (Å²) in [6, 6.07) is 8.58. The average Bonchev–Trinajstić information content (AvgIpc) is 2.62. The molecule has 0 aliphatic heterocycles. The highest BCUT2D eigenvalue weighted by atomic mass is 16.5. The normalized spacial score (nSPS) is 11.4. The number of aryl methyl sites for hydroxylation is 2. The van der Waals surface area contributed by atoms with Gasteiger partial charge in [-0.1, -0.05) is 45.0 Å². The van der Waals surface area contributed by atoms with Gasteiger partial charge in [0.25, 0.3) is 0 Å². The summed E-state index contributed by atoms with van der Waals surface area (Å²) < 4.78 is 5.45. The Kier molecular flexibility index (Phi) is 6.63. The Hall–Kier alpha value is -2.36. The largest absolute Gasteiger partial charge is 0.496 e. The van der Waals surface area contributed by atoms with Crippen molar-refractivity contribution in [2.24, 2.45) is 0 Å². The summed E-state index contributed by atoms with van der Waals surface area (Å²) in [5.41, 5.74) is 5.53. The van der Waals surface area contributed by atoms with Crippen molar-refractivity contribution in [2.75, 3.05) is 14.2 Å². The Balaban J connectivity index is 1.96. The predicted octanol–water partition coefficient (Wildman–Crippen LogP) is 4.60. The van der Waals surface area contributed by atoms with Crippen LogP contribution in [-0.4, -0.2) is 29.9 Å². The smallest absolute Gasteiger partial charge is 0.222 e. The minimum absolute atomic E-state index is 0.121. The lowest BCUT2D eigenvalue weighted by molar-refractivity contribution is -0.130. The molecule has 2 rings (SSSR count). The number of nitrogens with zero attached hydrogens (tertiary/aromatic N) is 2. The van der Waals surface area contributed by atoms with Crippen LogP contribution >= 0.6 is 0 Å². The molecule has 0 N–H and O–H groups in total. The van der Waals surface area contributed by atoms with Gasteiger partial charge >= 0.3 is 0 Å². The molecule has 0 unspecified atom stereocenters. The van der Waals surface area contributed by atoms with Crippen LogP contribution in [0.25, 0.3) is 0 Å². The first-order chi connectivity index (χ1) is 12.6. The van der Waals surface area contributed by atoms with Crippen LogP contribution in [0.3, 0.4) is 0 Å². The van der Waals surface area contributed by atoms with Gasteiger partial charge in [-0.25, -0.2) is 0 Å². The van der Waals surface area contributed by atoms with E-state index in [1.807, 2.05) is 20.9 Å². The van der Waals surface area contributed by atoms with E-state index in [1.165, 1.54) is 11.1 Å². The fraction of sp³-hybridized carbons (Fsp3) is 0.478. The van der Waals surface area contributed by atoms with E-state index in [0.29, 0.717) is 13.0 Å². The Morgan fingerprint density at radius 1 is 1.15 bits per heavy atom. The summed E-state index contributed by atoms with van der Waals surface area (Å²) in [5, 5.41) is 0. The lowest BCUT2D eigenvalue weighted by Gasteiger charge is -2.20. The molecule has 1 heterocycles. The molecule has 4 nitrogen and oxygen atoms in total. The van der Waals surface area contributed by atoms with Gasteiger partial charge in [-0.05, 0) is 36.8 Å². The zero-order valence-electron chi connectivity index (χ0n) is 17.7. The molecule has 146 valence electrons. The molecule has 0 saturated heterocycles. The zero-order valence-corrected chi connectivity index (χ0v) is 17.7. The van der Waals surface area contributed by atoms with Crippen molar-refractivity contribution in [3.05, 3.63) is 58.4 Å². The van der Waals surface area contributed by atoms with Gasteiger partial charge in [-0.15, -0.1) is 0 Å². The summed E-state index contributed by atoms with van der Waals surface area (Å²) in [5.74, 6) is 0.968. The van der Waals surface area contributed by atoms with E-state index in [4.69, 9.17) is 4.74 Å². The van der Waals surface area contributed by atoms with Crippen LogP contribution in [0.5, 0.6) is 5.75 Å². The zero-order chi connectivity index (χ0) is 20.2. The van der Waals surface area contributed by atoms with Gasteiger partial charge in [0.1, 0.15) is 5.75 Å². The van der Waals surface area contributed by atoms with E-state index >= 15 is 0 Å². The maximum Gasteiger partial charge on any atom is 0.222 e. The standard InChI is InChI=1S/C23H32N2O2/c1-16-14-24-20(17(2)22(16)27-7)15-25(6)21(26)13-10-18-8-11-19(12-9-18)23(3,4)5/h8-9,11-12,14H,10,13,15H2,1-7H3. The Bertz CT molecular complexity index is 789. The number of amides is 1. The lowest BCUT2D eigenvalue weighted by atomic mass is 9.86. The number of ether oxygens (including phenoxy) is 1. The second-order valence-electron chi connectivity index (χ2n) is 8.24. The summed E-state index contributed by atoms with van der Waals surface area (Å²) in [6.07, 6.45) is 3.04. The molecule has 4 heteroatoms. The minimum Gasteiger partial charge on any atom is -0.496 e. The van der Waals surface area contributed by atoms with E-state index in [9.17, 15) is 4.79 Å². The molecule has 0 spiro atoms. The molecule has 0 aliphatic carbocycles. The number of carbonyl (C=O) groups is 1. The van der Waals surface area contributed by atoms with Crippen LogP contribution < -0.4 is 4.74 Å². The van der Waals surface area contributed by atoms with E-state index < -0.39 is 0 Å². The molecule has 0 fully saturated rings. The molecule has 27 heavy (non-hydrogen) atoms. The van der Waals surface area contributed by atoms with Crippen molar-refractivity contribution >= 4 is 5.91 Å². The molecule has 0 radical (unpaired) electrons. The topological polar surface area (TPSA) is 42.4 Å². The van der Waals surface area contributed by atoms with Gasteiger partial charge in [-0.3, -0.25) is 9.78 Å². The maximum absolute atomic E-state index is 12.5. The van der Waals surface area contributed by atoms with Gasteiger partial charge in [0.2, 0.25) is 5.91 Å². The first kappa shape index (κ1) is 20.9. The van der Waals surface area contributed by atoms with Gasteiger partial charge in [0.05, 0.1) is 19.3 Å². The SMILES string of the molecule is COc1c(C)cnc(CN(C)C(=O)CCc2ccc(C(C)(C)C)cc2)c1C. The van der Waals surface area contributed by atoms with Crippen molar-refractivity contribution in [3.8, 4) is 5.75 Å². The van der Waals surface area contributed by atoms with E-state index in [1.54, 1.807) is 18.2 Å². The molecule has 0 bridgehead atoms. The van der Waals surface area contributed by atoms with E-state index in [-0.39, 0.29) is 11.3 Å². The summed E-state index contributed by atoms with van der Waals surface area (Å²) in [4.78, 5) is 18.8. The number of benzene rings is 1. The first-order valence-electron chi connectivity index (χ1n) is 9.46. The molecule has 1 aromatic carbocycles. The maximum atomic E-state index is 12.5. The second-order valence-corrected chi connectivity index (χ2v) is 8.24. The minimum atomic E-state index is 0.121. The van der Waals surface area contributed by atoms with Crippen LogP contribution in [0, 0.1) is 13.8 Å². The number of carbonyl (C=O) groups excluding carboxylic acids is 1. The summed E-state index contributed by atoms with van der Waals surface area (Å²) >= 11 is 0. The fourth-order valence-corrected chi connectivity index (χ4v) is 3.16. The third-order valence-corrected chi connectivity index (χ3v) is 5.01. The van der Waals surface area contributed by atoms with Gasteiger partial charge in [-0.2, -0.15) is 0 Å². The summed E-state index contributed by atoms with van der Waals surface area (Å²) in [7, 11) is 3.50.